The molecule has 0 N–H and O–H groups in total. The molecule has 0 bridgehead atoms. The van der Waals surface area contributed by atoms with Crippen LogP contribution in [0.3, 0.4) is 0 Å². The van der Waals surface area contributed by atoms with Gasteiger partial charge < -0.3 is 4.74 Å². The minimum Gasteiger partial charge on any atom is -0.485 e. The molecule has 0 spiro atoms. The Morgan fingerprint density at radius 2 is 1.83 bits per heavy atom. The van der Waals surface area contributed by atoms with Crippen LogP contribution >= 0.6 is 11.6 Å². The molecule has 5 heteroatoms. The Morgan fingerprint density at radius 1 is 1.17 bits per heavy atom. The molecule has 0 unspecified atom stereocenters. The number of ether oxygens (including phenoxy) is 1. The monoisotopic (exact) mass is 348 g/mol. The van der Waals surface area contributed by atoms with E-state index in [2.05, 4.69) is 38.0 Å². The zero-order chi connectivity index (χ0) is 18.1. The van der Waals surface area contributed by atoms with E-state index in [4.69, 9.17) is 16.3 Å². The van der Waals surface area contributed by atoms with E-state index in [1.165, 1.54) is 16.4 Å². The van der Waals surface area contributed by atoms with Crippen molar-refractivity contribution in [3.63, 3.8) is 0 Å². The molecule has 24 heavy (non-hydrogen) atoms. The number of halogens is 1. The third kappa shape index (κ3) is 4.18. The fourth-order valence-electron chi connectivity index (χ4n) is 2.28. The summed E-state index contributed by atoms with van der Waals surface area (Å²) >= 11 is 6.18. The highest BCUT2D eigenvalue weighted by Crippen LogP contribution is 2.25. The van der Waals surface area contributed by atoms with Gasteiger partial charge in [0.25, 0.3) is 5.56 Å². The lowest BCUT2D eigenvalue weighted by atomic mass is 9.86. The topological polar surface area (TPSA) is 44.1 Å². The van der Waals surface area contributed by atoms with Crippen LogP contribution in [-0.2, 0) is 17.6 Å². The molecule has 2 rings (SSSR count). The first-order valence-electron chi connectivity index (χ1n) is 8.00. The highest BCUT2D eigenvalue weighted by atomic mass is 35.5. The number of benzene rings is 1. The lowest BCUT2D eigenvalue weighted by molar-refractivity contribution is 0.292. The van der Waals surface area contributed by atoms with Gasteiger partial charge in [-0.3, -0.25) is 4.79 Å². The molecule has 0 aliphatic carbocycles. The molecule has 1 aromatic heterocycles. The van der Waals surface area contributed by atoms with Crippen molar-refractivity contribution in [2.75, 3.05) is 0 Å². The van der Waals surface area contributed by atoms with E-state index in [9.17, 15) is 4.79 Å². The van der Waals surface area contributed by atoms with E-state index >= 15 is 0 Å². The molecule has 0 amide bonds. The smallest absolute Gasteiger partial charge is 0.289 e. The summed E-state index contributed by atoms with van der Waals surface area (Å²) in [7, 11) is 0. The predicted octanol–water partition coefficient (Wildman–Crippen LogP) is 4.53. The molecule has 0 atom stereocenters. The van der Waals surface area contributed by atoms with Crippen molar-refractivity contribution >= 4 is 11.6 Å². The molecule has 4 nitrogen and oxygen atoms in total. The van der Waals surface area contributed by atoms with Gasteiger partial charge in [0.05, 0.1) is 11.7 Å². The van der Waals surface area contributed by atoms with Crippen LogP contribution in [0.2, 0.25) is 5.02 Å². The summed E-state index contributed by atoms with van der Waals surface area (Å²) in [4.78, 5) is 12.3. The number of rotatable bonds is 3. The average Bonchev–Trinajstić information content (AvgIpc) is 2.47. The Hall–Kier alpha value is -1.81. The zero-order valence-electron chi connectivity index (χ0n) is 15.2. The summed E-state index contributed by atoms with van der Waals surface area (Å²) < 4.78 is 7.09. The fraction of sp³-hybridized carbons (Fsp3) is 0.474. The number of nitrogens with zero attached hydrogens (tertiary/aromatic N) is 2. The molecular formula is C19H25ClN2O2. The number of hydrogen-bond acceptors (Lipinski definition) is 3. The lowest BCUT2D eigenvalue weighted by Crippen LogP contribution is -2.36. The van der Waals surface area contributed by atoms with E-state index in [-0.39, 0.29) is 16.0 Å². The van der Waals surface area contributed by atoms with E-state index in [0.717, 1.165) is 5.56 Å². The average molecular weight is 349 g/mol. The quantitative estimate of drug-likeness (QED) is 0.818. The van der Waals surface area contributed by atoms with Crippen molar-refractivity contribution in [1.29, 1.82) is 0 Å². The maximum absolute atomic E-state index is 12.3. The van der Waals surface area contributed by atoms with Crippen LogP contribution in [0.4, 0.5) is 0 Å². The molecule has 130 valence electrons. The predicted molar refractivity (Wildman–Crippen MR) is 98.0 cm³/mol. The van der Waals surface area contributed by atoms with Crippen LogP contribution in [0.5, 0.6) is 5.75 Å². The van der Waals surface area contributed by atoms with Crippen molar-refractivity contribution in [1.82, 2.24) is 9.78 Å². The summed E-state index contributed by atoms with van der Waals surface area (Å²) in [5, 5.41) is 4.24. The van der Waals surface area contributed by atoms with Crippen molar-refractivity contribution in [2.24, 2.45) is 0 Å². The van der Waals surface area contributed by atoms with Crippen molar-refractivity contribution in [3.05, 3.63) is 57.0 Å². The summed E-state index contributed by atoms with van der Waals surface area (Å²) in [6.45, 7) is 12.5. The minimum absolute atomic E-state index is 0.0619. The van der Waals surface area contributed by atoms with Gasteiger partial charge >= 0.3 is 0 Å². The van der Waals surface area contributed by atoms with Crippen LogP contribution < -0.4 is 10.3 Å². The summed E-state index contributed by atoms with van der Waals surface area (Å²) in [6, 6.07) is 8.21. The van der Waals surface area contributed by atoms with Gasteiger partial charge in [0.15, 0.2) is 10.8 Å². The lowest BCUT2D eigenvalue weighted by Gasteiger charge is -2.21. The Morgan fingerprint density at radius 3 is 2.42 bits per heavy atom. The first-order chi connectivity index (χ1) is 11.0. The van der Waals surface area contributed by atoms with Crippen molar-refractivity contribution < 1.29 is 4.74 Å². The first-order valence-corrected chi connectivity index (χ1v) is 8.38. The molecular weight excluding hydrogens is 324 g/mol. The second kappa shape index (κ2) is 6.60. The van der Waals surface area contributed by atoms with Gasteiger partial charge in [-0.2, -0.15) is 5.10 Å². The highest BCUT2D eigenvalue weighted by Gasteiger charge is 2.20. The molecule has 0 saturated heterocycles. The minimum atomic E-state index is -0.430. The van der Waals surface area contributed by atoms with Gasteiger partial charge in [-0.15, -0.1) is 0 Å². The van der Waals surface area contributed by atoms with Gasteiger partial charge in [0.1, 0.15) is 6.61 Å². The SMILES string of the molecule is CC(C)(C)c1cccc(COc2cnn(C(C)(C)C)c(=O)c2Cl)c1. The number of hydrogen-bond donors (Lipinski definition) is 0. The Kier molecular flexibility index (Phi) is 5.09. The second-order valence-corrected chi connectivity index (χ2v) is 8.33. The number of aromatic nitrogens is 2. The van der Waals surface area contributed by atoms with E-state index < -0.39 is 5.54 Å². The molecule has 1 heterocycles. The molecule has 0 saturated carbocycles. The van der Waals surface area contributed by atoms with Crippen LogP contribution in [-0.4, -0.2) is 9.78 Å². The van der Waals surface area contributed by atoms with Crippen LogP contribution in [0.15, 0.2) is 35.3 Å². The molecule has 0 aliphatic rings. The maximum atomic E-state index is 12.3. The molecule has 0 radical (unpaired) electrons. The Bertz CT molecular complexity index is 783. The van der Waals surface area contributed by atoms with E-state index in [0.29, 0.717) is 12.4 Å². The largest absolute Gasteiger partial charge is 0.485 e. The first kappa shape index (κ1) is 18.5. The summed E-state index contributed by atoms with van der Waals surface area (Å²) in [5.74, 6) is 0.309. The highest BCUT2D eigenvalue weighted by molar-refractivity contribution is 6.31. The van der Waals surface area contributed by atoms with Crippen molar-refractivity contribution in [3.8, 4) is 5.75 Å². The Labute approximate surface area is 148 Å². The summed E-state index contributed by atoms with van der Waals surface area (Å²) in [5.41, 5.74) is 1.56. The maximum Gasteiger partial charge on any atom is 0.289 e. The van der Waals surface area contributed by atoms with E-state index in [1.54, 1.807) is 0 Å². The van der Waals surface area contributed by atoms with Gasteiger partial charge in [-0.05, 0) is 37.3 Å². The van der Waals surface area contributed by atoms with Gasteiger partial charge in [-0.1, -0.05) is 56.6 Å². The van der Waals surface area contributed by atoms with Crippen LogP contribution in [0.25, 0.3) is 0 Å². The zero-order valence-corrected chi connectivity index (χ0v) is 15.9. The van der Waals surface area contributed by atoms with Crippen LogP contribution in [0.1, 0.15) is 52.7 Å². The van der Waals surface area contributed by atoms with Gasteiger partial charge in [0, 0.05) is 0 Å². The van der Waals surface area contributed by atoms with E-state index in [1.807, 2.05) is 32.9 Å². The third-order valence-electron chi connectivity index (χ3n) is 3.71. The fourth-order valence-corrected chi connectivity index (χ4v) is 2.47. The second-order valence-electron chi connectivity index (χ2n) is 7.95. The van der Waals surface area contributed by atoms with Gasteiger partial charge in [-0.25, -0.2) is 4.68 Å². The third-order valence-corrected chi connectivity index (χ3v) is 4.06. The molecule has 2 aromatic rings. The summed E-state index contributed by atoms with van der Waals surface area (Å²) in [6.07, 6.45) is 1.50. The normalized spacial score (nSPS) is 12.3. The van der Waals surface area contributed by atoms with Crippen molar-refractivity contribution in [2.45, 2.75) is 59.1 Å². The molecule has 0 fully saturated rings. The standard InChI is InChI=1S/C19H25ClN2O2/c1-18(2,3)14-9-7-8-13(10-14)12-24-15-11-21-22(19(4,5)6)17(23)16(15)20/h7-11H,12H2,1-6H3. The van der Waals surface area contributed by atoms with Gasteiger partial charge in [0.2, 0.25) is 0 Å². The Balaban J connectivity index is 2.22. The van der Waals surface area contributed by atoms with Crippen LogP contribution in [0, 0.1) is 0 Å². The molecule has 1 aromatic carbocycles. The molecule has 0 aliphatic heterocycles.